The van der Waals surface area contributed by atoms with Gasteiger partial charge in [-0.05, 0) is 12.8 Å². The van der Waals surface area contributed by atoms with Crippen LogP contribution in [0.5, 0.6) is 0 Å². The summed E-state index contributed by atoms with van der Waals surface area (Å²) in [5.41, 5.74) is 0.844. The molecule has 1 fully saturated rings. The van der Waals surface area contributed by atoms with E-state index in [0.29, 0.717) is 25.4 Å². The monoisotopic (exact) mass is 330 g/mol. The Morgan fingerprint density at radius 2 is 2.08 bits per heavy atom. The molecule has 7 nitrogen and oxygen atoms in total. The number of nitrogens with one attached hydrogen (secondary N) is 1. The maximum absolute atomic E-state index is 12.3. The first kappa shape index (κ1) is 16.2. The first-order chi connectivity index (χ1) is 11.6. The van der Waals surface area contributed by atoms with Gasteiger partial charge in [0.25, 0.3) is 5.91 Å². The minimum Gasteiger partial charge on any atom is -0.480 e. The number of nitrogens with zero attached hydrogens (tertiary/aromatic N) is 1. The lowest BCUT2D eigenvalue weighted by atomic mass is 9.93. The van der Waals surface area contributed by atoms with Crippen molar-refractivity contribution in [2.24, 2.45) is 5.92 Å². The highest BCUT2D eigenvalue weighted by Crippen LogP contribution is 2.21. The molecular weight excluding hydrogens is 312 g/mol. The van der Waals surface area contributed by atoms with Gasteiger partial charge in [0.15, 0.2) is 11.5 Å². The molecule has 2 aromatic rings. The molecule has 2 N–H and O–H groups in total. The van der Waals surface area contributed by atoms with Gasteiger partial charge in [-0.25, -0.2) is 4.79 Å². The second kappa shape index (κ2) is 7.27. The van der Waals surface area contributed by atoms with Gasteiger partial charge in [-0.15, -0.1) is 0 Å². The van der Waals surface area contributed by atoms with Gasteiger partial charge >= 0.3 is 5.97 Å². The lowest BCUT2D eigenvalue weighted by molar-refractivity contribution is -0.142. The Morgan fingerprint density at radius 1 is 1.29 bits per heavy atom. The Bertz CT molecular complexity index is 707. The number of hydrogen-bond donors (Lipinski definition) is 2. The van der Waals surface area contributed by atoms with Crippen molar-refractivity contribution < 1.29 is 24.0 Å². The third kappa shape index (κ3) is 3.62. The summed E-state index contributed by atoms with van der Waals surface area (Å²) in [7, 11) is 0. The van der Waals surface area contributed by atoms with E-state index in [0.717, 1.165) is 12.0 Å². The molecule has 1 aliphatic heterocycles. The van der Waals surface area contributed by atoms with Gasteiger partial charge in [0.1, 0.15) is 6.04 Å². The minimum atomic E-state index is -1.08. The number of carboxylic acids is 1. The maximum atomic E-state index is 12.3. The average Bonchev–Trinajstić information content (AvgIpc) is 3.11. The number of benzene rings is 1. The van der Waals surface area contributed by atoms with Gasteiger partial charge in [0, 0.05) is 24.2 Å². The number of aromatic nitrogens is 1. The van der Waals surface area contributed by atoms with Crippen molar-refractivity contribution in [3.05, 3.63) is 42.1 Å². The molecule has 0 aliphatic carbocycles. The highest BCUT2D eigenvalue weighted by Gasteiger charge is 2.32. The summed E-state index contributed by atoms with van der Waals surface area (Å²) < 4.78 is 10.5. The number of rotatable bonds is 5. The SMILES string of the molecule is O=C(NC(C(=O)O)C1CCCOC1)c1cc(-c2ccccc2)on1. The first-order valence-electron chi connectivity index (χ1n) is 7.78. The second-order valence-corrected chi connectivity index (χ2v) is 5.71. The van der Waals surface area contributed by atoms with Crippen LogP contribution in [0, 0.1) is 5.92 Å². The molecule has 1 aromatic carbocycles. The van der Waals surface area contributed by atoms with Gasteiger partial charge in [-0.3, -0.25) is 4.79 Å². The standard InChI is InChI=1S/C17H18N2O5/c20-16(18-15(17(21)22)12-7-4-8-23-10-12)13-9-14(24-19-13)11-5-2-1-3-6-11/h1-3,5-6,9,12,15H,4,7-8,10H2,(H,18,20)(H,21,22). The van der Waals surface area contributed by atoms with Crippen LogP contribution in [0.2, 0.25) is 0 Å². The third-order valence-electron chi connectivity index (χ3n) is 4.02. The number of carbonyl (C=O) groups is 2. The Balaban J connectivity index is 1.71. The average molecular weight is 330 g/mol. The van der Waals surface area contributed by atoms with Gasteiger partial charge in [-0.2, -0.15) is 0 Å². The molecule has 7 heteroatoms. The lowest BCUT2D eigenvalue weighted by Crippen LogP contribution is -2.48. The van der Waals surface area contributed by atoms with E-state index in [-0.39, 0.29) is 11.6 Å². The summed E-state index contributed by atoms with van der Waals surface area (Å²) in [6, 6.07) is 9.73. The summed E-state index contributed by atoms with van der Waals surface area (Å²) >= 11 is 0. The fourth-order valence-corrected chi connectivity index (χ4v) is 2.75. The van der Waals surface area contributed by atoms with Gasteiger partial charge < -0.3 is 19.7 Å². The first-order valence-corrected chi connectivity index (χ1v) is 7.78. The lowest BCUT2D eigenvalue weighted by Gasteiger charge is -2.27. The van der Waals surface area contributed by atoms with Crippen LogP contribution in [0.1, 0.15) is 23.3 Å². The summed E-state index contributed by atoms with van der Waals surface area (Å²) in [6.45, 7) is 0.950. The largest absolute Gasteiger partial charge is 0.480 e. The van der Waals surface area contributed by atoms with Gasteiger partial charge in [-0.1, -0.05) is 35.5 Å². The van der Waals surface area contributed by atoms with Crippen molar-refractivity contribution in [1.29, 1.82) is 0 Å². The van der Waals surface area contributed by atoms with E-state index in [1.165, 1.54) is 6.07 Å². The Morgan fingerprint density at radius 3 is 2.75 bits per heavy atom. The predicted molar refractivity (Wildman–Crippen MR) is 84.4 cm³/mol. The van der Waals surface area contributed by atoms with Gasteiger partial charge in [0.05, 0.1) is 6.61 Å². The van der Waals surface area contributed by atoms with E-state index in [1.54, 1.807) is 0 Å². The highest BCUT2D eigenvalue weighted by molar-refractivity contribution is 5.95. The molecule has 1 amide bonds. The maximum Gasteiger partial charge on any atom is 0.326 e. The van der Waals surface area contributed by atoms with Crippen LogP contribution in [0.15, 0.2) is 40.9 Å². The number of carbonyl (C=O) groups excluding carboxylic acids is 1. The number of hydrogen-bond acceptors (Lipinski definition) is 5. The second-order valence-electron chi connectivity index (χ2n) is 5.71. The highest BCUT2D eigenvalue weighted by atomic mass is 16.5. The normalized spacial score (nSPS) is 18.8. The van der Waals surface area contributed by atoms with Crippen LogP contribution in [0.4, 0.5) is 0 Å². The van der Waals surface area contributed by atoms with E-state index in [4.69, 9.17) is 9.26 Å². The predicted octanol–water partition coefficient (Wildman–Crippen LogP) is 1.95. The number of ether oxygens (including phenoxy) is 1. The minimum absolute atomic E-state index is 0.0526. The zero-order chi connectivity index (χ0) is 16.9. The molecule has 2 atom stereocenters. The number of amides is 1. The summed E-state index contributed by atoms with van der Waals surface area (Å²) in [5.74, 6) is -1.45. The van der Waals surface area contributed by atoms with E-state index >= 15 is 0 Å². The molecule has 1 aromatic heterocycles. The Labute approximate surface area is 138 Å². The molecule has 0 spiro atoms. The van der Waals surface area contributed by atoms with Crippen molar-refractivity contribution >= 4 is 11.9 Å². The Hall–Kier alpha value is -2.67. The van der Waals surface area contributed by atoms with Crippen molar-refractivity contribution in [3.8, 4) is 11.3 Å². The van der Waals surface area contributed by atoms with Crippen LogP contribution in [0.25, 0.3) is 11.3 Å². The van der Waals surface area contributed by atoms with Crippen molar-refractivity contribution in [1.82, 2.24) is 10.5 Å². The molecule has 0 saturated carbocycles. The number of aliphatic carboxylic acids is 1. The van der Waals surface area contributed by atoms with Crippen molar-refractivity contribution in [2.45, 2.75) is 18.9 Å². The van der Waals surface area contributed by atoms with E-state index in [2.05, 4.69) is 10.5 Å². The summed E-state index contributed by atoms with van der Waals surface area (Å²) in [4.78, 5) is 23.8. The fourth-order valence-electron chi connectivity index (χ4n) is 2.75. The van der Waals surface area contributed by atoms with E-state index < -0.39 is 17.9 Å². The van der Waals surface area contributed by atoms with Crippen LogP contribution in [-0.2, 0) is 9.53 Å². The smallest absolute Gasteiger partial charge is 0.326 e. The molecule has 1 aliphatic rings. The Kier molecular flexibility index (Phi) is 4.90. The zero-order valence-electron chi connectivity index (χ0n) is 13.0. The van der Waals surface area contributed by atoms with E-state index in [1.807, 2.05) is 30.3 Å². The summed E-state index contributed by atoms with van der Waals surface area (Å²) in [5, 5.41) is 15.7. The molecule has 3 rings (SSSR count). The molecule has 2 unspecified atom stereocenters. The molecule has 126 valence electrons. The topological polar surface area (TPSA) is 102 Å². The summed E-state index contributed by atoms with van der Waals surface area (Å²) in [6.07, 6.45) is 1.48. The van der Waals surface area contributed by atoms with Crippen LogP contribution >= 0.6 is 0 Å². The van der Waals surface area contributed by atoms with Crippen LogP contribution in [-0.4, -0.2) is 41.4 Å². The van der Waals surface area contributed by atoms with Crippen LogP contribution in [0.3, 0.4) is 0 Å². The quantitative estimate of drug-likeness (QED) is 0.869. The van der Waals surface area contributed by atoms with Crippen molar-refractivity contribution in [2.75, 3.05) is 13.2 Å². The molecule has 0 bridgehead atoms. The van der Waals surface area contributed by atoms with E-state index in [9.17, 15) is 14.7 Å². The fraction of sp³-hybridized carbons (Fsp3) is 0.353. The molecule has 1 saturated heterocycles. The number of carboxylic acid groups (broad SMARTS) is 1. The zero-order valence-corrected chi connectivity index (χ0v) is 13.0. The van der Waals surface area contributed by atoms with Crippen molar-refractivity contribution in [3.63, 3.8) is 0 Å². The molecule has 0 radical (unpaired) electrons. The molecule has 24 heavy (non-hydrogen) atoms. The molecular formula is C17H18N2O5. The molecule has 2 heterocycles. The van der Waals surface area contributed by atoms with Gasteiger partial charge in [0.2, 0.25) is 0 Å². The third-order valence-corrected chi connectivity index (χ3v) is 4.02. The van der Waals surface area contributed by atoms with Crippen LogP contribution < -0.4 is 5.32 Å².